The number of nitrogens with one attached hydrogen (secondary N) is 2. The zero-order valence-corrected chi connectivity index (χ0v) is 20.1. The molecule has 9 heteroatoms. The summed E-state index contributed by atoms with van der Waals surface area (Å²) in [5.41, 5.74) is 2.38. The molecule has 0 fully saturated rings. The molecular weight excluding hydrogens is 466 g/mol. The molecule has 35 heavy (non-hydrogen) atoms. The van der Waals surface area contributed by atoms with Crippen LogP contribution in [0.3, 0.4) is 0 Å². The van der Waals surface area contributed by atoms with Gasteiger partial charge in [-0.05, 0) is 36.1 Å². The lowest BCUT2D eigenvalue weighted by atomic mass is 10.0. The van der Waals surface area contributed by atoms with Gasteiger partial charge in [-0.25, -0.2) is 17.9 Å². The largest absolute Gasteiger partial charge is 0.420 e. The minimum atomic E-state index is -3.83. The van der Waals surface area contributed by atoms with Gasteiger partial charge in [0.25, 0.3) is 0 Å². The molecule has 0 saturated carbocycles. The first-order valence-electron chi connectivity index (χ1n) is 11.4. The maximum absolute atomic E-state index is 12.7. The van der Waals surface area contributed by atoms with Crippen LogP contribution in [0.1, 0.15) is 24.5 Å². The lowest BCUT2D eigenvalue weighted by Gasteiger charge is -2.17. The molecule has 0 saturated heterocycles. The van der Waals surface area contributed by atoms with Gasteiger partial charge in [-0.2, -0.15) is 0 Å². The molecule has 1 aromatic heterocycles. The normalized spacial score (nSPS) is 12.5. The van der Waals surface area contributed by atoms with Gasteiger partial charge < -0.3 is 9.73 Å². The number of aromatic nitrogens is 1. The van der Waals surface area contributed by atoms with Crippen molar-refractivity contribution in [1.82, 2.24) is 14.6 Å². The molecule has 1 heterocycles. The van der Waals surface area contributed by atoms with E-state index in [1.807, 2.05) is 67.6 Å². The third kappa shape index (κ3) is 6.06. The Morgan fingerprint density at radius 3 is 2.29 bits per heavy atom. The molecule has 0 unspecified atom stereocenters. The molecule has 0 aliphatic heterocycles. The van der Waals surface area contributed by atoms with Crippen LogP contribution in [0.2, 0.25) is 0 Å². The van der Waals surface area contributed by atoms with Crippen LogP contribution in [0.4, 0.5) is 0 Å². The molecule has 1 amide bonds. The Morgan fingerprint density at radius 2 is 1.63 bits per heavy atom. The monoisotopic (exact) mass is 493 g/mol. The number of carbonyl (C=O) groups excluding carboxylic acids is 1. The summed E-state index contributed by atoms with van der Waals surface area (Å²) in [5, 5.41) is 2.97. The second kappa shape index (κ2) is 10.7. The van der Waals surface area contributed by atoms with Crippen LogP contribution in [0.5, 0.6) is 0 Å². The molecule has 1 atom stereocenters. The first-order valence-corrected chi connectivity index (χ1v) is 12.8. The van der Waals surface area contributed by atoms with Gasteiger partial charge in [-0.15, -0.1) is 0 Å². The predicted octanol–water partition coefficient (Wildman–Crippen LogP) is 3.21. The quantitative estimate of drug-likeness (QED) is 0.353. The van der Waals surface area contributed by atoms with Gasteiger partial charge in [0.2, 0.25) is 15.9 Å². The highest BCUT2D eigenvalue weighted by molar-refractivity contribution is 7.89. The van der Waals surface area contributed by atoms with E-state index in [9.17, 15) is 18.0 Å². The lowest BCUT2D eigenvalue weighted by molar-refractivity contribution is -0.122. The summed E-state index contributed by atoms with van der Waals surface area (Å²) in [7, 11) is -3.83. The second-order valence-corrected chi connectivity index (χ2v) is 10.0. The van der Waals surface area contributed by atoms with Crippen LogP contribution in [0, 0.1) is 0 Å². The number of rotatable bonds is 10. The first kappa shape index (κ1) is 24.4. The molecule has 0 aliphatic rings. The molecule has 0 bridgehead atoms. The number of oxazole rings is 1. The number of fused-ring (bicyclic) bond motifs is 1. The highest BCUT2D eigenvalue weighted by Crippen LogP contribution is 2.19. The average molecular weight is 494 g/mol. The Kier molecular flexibility index (Phi) is 7.48. The number of hydrogen-bond donors (Lipinski definition) is 2. The van der Waals surface area contributed by atoms with E-state index in [1.165, 1.54) is 22.8 Å². The summed E-state index contributed by atoms with van der Waals surface area (Å²) in [4.78, 5) is 25.1. The van der Waals surface area contributed by atoms with Crippen LogP contribution in [0.25, 0.3) is 11.1 Å². The fourth-order valence-electron chi connectivity index (χ4n) is 3.83. The van der Waals surface area contributed by atoms with Gasteiger partial charge in [-0.3, -0.25) is 9.36 Å². The van der Waals surface area contributed by atoms with Crippen LogP contribution >= 0.6 is 0 Å². The van der Waals surface area contributed by atoms with Crippen LogP contribution < -0.4 is 15.8 Å². The van der Waals surface area contributed by atoms with Crippen molar-refractivity contribution in [3.8, 4) is 0 Å². The number of benzene rings is 3. The van der Waals surface area contributed by atoms with E-state index in [4.69, 9.17) is 4.42 Å². The standard InChI is InChI=1S/C26H27N3O5S/c1-2-21(15-19-9-5-3-6-10-19)28-25(30)18-29-23-14-13-22(16-24(23)34-26(29)31)35(32,33)27-17-20-11-7-4-8-12-20/h3-14,16,21,27H,2,15,17-18H2,1H3,(H,28,30)/t21-/m1/s1. The Labute approximate surface area is 203 Å². The van der Waals surface area contributed by atoms with Crippen molar-refractivity contribution in [3.05, 3.63) is 101 Å². The van der Waals surface area contributed by atoms with E-state index in [0.717, 1.165) is 17.5 Å². The molecule has 0 aliphatic carbocycles. The number of nitrogens with zero attached hydrogens (tertiary/aromatic N) is 1. The van der Waals surface area contributed by atoms with Gasteiger partial charge >= 0.3 is 5.76 Å². The van der Waals surface area contributed by atoms with Crippen molar-refractivity contribution in [2.24, 2.45) is 0 Å². The van der Waals surface area contributed by atoms with E-state index in [1.54, 1.807) is 0 Å². The molecule has 8 nitrogen and oxygen atoms in total. The Bertz CT molecular complexity index is 1460. The van der Waals surface area contributed by atoms with Crippen LogP contribution in [-0.4, -0.2) is 24.9 Å². The van der Waals surface area contributed by atoms with Gasteiger partial charge in [-0.1, -0.05) is 67.6 Å². The molecule has 2 N–H and O–H groups in total. The lowest BCUT2D eigenvalue weighted by Crippen LogP contribution is -2.39. The summed E-state index contributed by atoms with van der Waals surface area (Å²) in [6.45, 7) is 1.89. The van der Waals surface area contributed by atoms with Gasteiger partial charge in [0.15, 0.2) is 5.58 Å². The highest BCUT2D eigenvalue weighted by Gasteiger charge is 2.19. The molecule has 182 valence electrons. The van der Waals surface area contributed by atoms with Gasteiger partial charge in [0.05, 0.1) is 10.4 Å². The Hall–Kier alpha value is -3.69. The fraction of sp³-hybridized carbons (Fsp3) is 0.231. The molecule has 0 spiro atoms. The van der Waals surface area contributed by atoms with Crippen LogP contribution in [0.15, 0.2) is 93.0 Å². The molecule has 0 radical (unpaired) electrons. The maximum Gasteiger partial charge on any atom is 0.420 e. The zero-order valence-electron chi connectivity index (χ0n) is 19.3. The van der Waals surface area contributed by atoms with E-state index in [0.29, 0.717) is 11.9 Å². The zero-order chi connectivity index (χ0) is 24.8. The molecule has 4 rings (SSSR count). The number of sulfonamides is 1. The van der Waals surface area contributed by atoms with E-state index < -0.39 is 15.8 Å². The van der Waals surface area contributed by atoms with Gasteiger partial charge in [0, 0.05) is 18.7 Å². The number of amides is 1. The van der Waals surface area contributed by atoms with Crippen molar-refractivity contribution in [2.75, 3.05) is 0 Å². The topological polar surface area (TPSA) is 110 Å². The molecule has 4 aromatic rings. The van der Waals surface area contributed by atoms with Crippen LogP contribution in [-0.2, 0) is 34.3 Å². The minimum absolute atomic E-state index is 0.0276. The minimum Gasteiger partial charge on any atom is -0.408 e. The average Bonchev–Trinajstić information content (AvgIpc) is 3.17. The van der Waals surface area contributed by atoms with E-state index in [-0.39, 0.29) is 35.5 Å². The molecule has 3 aromatic carbocycles. The van der Waals surface area contributed by atoms with Crippen molar-refractivity contribution >= 4 is 27.0 Å². The highest BCUT2D eigenvalue weighted by atomic mass is 32.2. The summed E-state index contributed by atoms with van der Waals surface area (Å²) < 4.78 is 34.4. The summed E-state index contributed by atoms with van der Waals surface area (Å²) >= 11 is 0. The molecular formula is C26H27N3O5S. The Balaban J connectivity index is 1.47. The first-order chi connectivity index (χ1) is 16.9. The SMILES string of the molecule is CC[C@H](Cc1ccccc1)NC(=O)Cn1c(=O)oc2cc(S(=O)(=O)NCc3ccccc3)ccc21. The predicted molar refractivity (Wildman–Crippen MR) is 133 cm³/mol. The second-order valence-electron chi connectivity index (χ2n) is 8.26. The third-order valence-corrected chi connectivity index (χ3v) is 7.14. The van der Waals surface area contributed by atoms with Crippen molar-refractivity contribution < 1.29 is 17.6 Å². The number of hydrogen-bond acceptors (Lipinski definition) is 5. The van der Waals surface area contributed by atoms with Crippen molar-refractivity contribution in [1.29, 1.82) is 0 Å². The Morgan fingerprint density at radius 1 is 0.971 bits per heavy atom. The van der Waals surface area contributed by atoms with E-state index in [2.05, 4.69) is 10.0 Å². The summed E-state index contributed by atoms with van der Waals surface area (Å²) in [6.07, 6.45) is 1.42. The number of carbonyl (C=O) groups is 1. The fourth-order valence-corrected chi connectivity index (χ4v) is 4.87. The third-order valence-electron chi connectivity index (χ3n) is 5.74. The summed E-state index contributed by atoms with van der Waals surface area (Å²) in [5.74, 6) is -1.04. The van der Waals surface area contributed by atoms with Gasteiger partial charge in [0.1, 0.15) is 6.54 Å². The summed E-state index contributed by atoms with van der Waals surface area (Å²) in [6, 6.07) is 23.1. The van der Waals surface area contributed by atoms with E-state index >= 15 is 0 Å². The van der Waals surface area contributed by atoms with Crippen molar-refractivity contribution in [2.45, 2.75) is 43.8 Å². The maximum atomic E-state index is 12.7. The van der Waals surface area contributed by atoms with Crippen molar-refractivity contribution in [3.63, 3.8) is 0 Å². The smallest absolute Gasteiger partial charge is 0.408 e.